The van der Waals surface area contributed by atoms with Gasteiger partial charge in [0, 0.05) is 12.1 Å². The lowest BCUT2D eigenvalue weighted by Gasteiger charge is -2.15. The van der Waals surface area contributed by atoms with Gasteiger partial charge in [-0.25, -0.2) is 0 Å². The van der Waals surface area contributed by atoms with Gasteiger partial charge in [-0.05, 0) is 49.1 Å². The molecular formula is C23H28N2O4. The maximum atomic E-state index is 13.1. The Morgan fingerprint density at radius 3 is 2.45 bits per heavy atom. The summed E-state index contributed by atoms with van der Waals surface area (Å²) in [6.45, 7) is 8.47. The quantitative estimate of drug-likeness (QED) is 0.507. The number of aromatic nitrogens is 1. The van der Waals surface area contributed by atoms with E-state index in [0.29, 0.717) is 30.3 Å². The van der Waals surface area contributed by atoms with Crippen LogP contribution in [0.4, 0.5) is 0 Å². The molecule has 0 aliphatic heterocycles. The number of ketones is 1. The highest BCUT2D eigenvalue weighted by atomic mass is 16.5. The number of carbonyl (C=O) groups excluding carboxylic acids is 1. The lowest BCUT2D eigenvalue weighted by molar-refractivity contribution is 0.103. The lowest BCUT2D eigenvalue weighted by atomic mass is 9.97. The zero-order valence-corrected chi connectivity index (χ0v) is 17.5. The summed E-state index contributed by atoms with van der Waals surface area (Å²) in [6, 6.07) is 8.53. The molecule has 0 saturated carbocycles. The third-order valence-electron chi connectivity index (χ3n) is 4.71. The molecule has 0 aliphatic carbocycles. The summed E-state index contributed by atoms with van der Waals surface area (Å²) < 4.78 is 6.77. The lowest BCUT2D eigenvalue weighted by Crippen LogP contribution is -2.27. The predicted molar refractivity (Wildman–Crippen MR) is 112 cm³/mol. The van der Waals surface area contributed by atoms with E-state index in [0.717, 1.165) is 17.4 Å². The summed E-state index contributed by atoms with van der Waals surface area (Å²) in [7, 11) is 0. The van der Waals surface area contributed by atoms with E-state index in [4.69, 9.17) is 4.74 Å². The molecule has 0 radical (unpaired) electrons. The van der Waals surface area contributed by atoms with Gasteiger partial charge in [-0.2, -0.15) is 5.26 Å². The summed E-state index contributed by atoms with van der Waals surface area (Å²) in [4.78, 5) is 25.7. The highest BCUT2D eigenvalue weighted by Gasteiger charge is 2.24. The van der Waals surface area contributed by atoms with E-state index in [2.05, 4.69) is 0 Å². The fraction of sp³-hybridized carbons (Fsp3) is 0.435. The highest BCUT2D eigenvalue weighted by Crippen LogP contribution is 2.26. The molecule has 0 amide bonds. The van der Waals surface area contributed by atoms with Crippen LogP contribution in [0.25, 0.3) is 0 Å². The fourth-order valence-electron chi connectivity index (χ4n) is 3.06. The van der Waals surface area contributed by atoms with Crippen molar-refractivity contribution in [3.8, 4) is 17.7 Å². The van der Waals surface area contributed by atoms with Crippen molar-refractivity contribution in [3.05, 3.63) is 56.9 Å². The molecule has 0 bridgehead atoms. The molecule has 0 unspecified atom stereocenters. The topological polar surface area (TPSA) is 92.3 Å². The molecule has 1 N–H and O–H groups in total. The second kappa shape index (κ2) is 9.92. The number of ether oxygens (including phenoxy) is 1. The molecule has 1 aromatic heterocycles. The van der Waals surface area contributed by atoms with Crippen LogP contribution in [-0.4, -0.2) is 22.1 Å². The van der Waals surface area contributed by atoms with Gasteiger partial charge < -0.3 is 9.84 Å². The molecule has 2 aromatic rings. The van der Waals surface area contributed by atoms with Gasteiger partial charge in [-0.15, -0.1) is 0 Å². The molecule has 6 heteroatoms. The van der Waals surface area contributed by atoms with Gasteiger partial charge in [0.2, 0.25) is 5.88 Å². The third kappa shape index (κ3) is 5.05. The zero-order valence-electron chi connectivity index (χ0n) is 17.5. The van der Waals surface area contributed by atoms with Crippen molar-refractivity contribution < 1.29 is 14.6 Å². The van der Waals surface area contributed by atoms with Crippen LogP contribution >= 0.6 is 0 Å². The van der Waals surface area contributed by atoms with Crippen molar-refractivity contribution in [2.75, 3.05) is 6.61 Å². The smallest absolute Gasteiger partial charge is 0.271 e. The van der Waals surface area contributed by atoms with Gasteiger partial charge in [0.15, 0.2) is 5.78 Å². The number of nitrogens with zero attached hydrogens (tertiary/aromatic N) is 2. The van der Waals surface area contributed by atoms with Gasteiger partial charge in [-0.1, -0.05) is 33.6 Å². The number of carbonyl (C=O) groups is 1. The van der Waals surface area contributed by atoms with E-state index in [1.165, 1.54) is 6.92 Å². The Hall–Kier alpha value is -3.07. The number of rotatable bonds is 9. The van der Waals surface area contributed by atoms with E-state index in [1.54, 1.807) is 24.3 Å². The van der Waals surface area contributed by atoms with Crippen LogP contribution in [0.5, 0.6) is 11.6 Å². The van der Waals surface area contributed by atoms with Gasteiger partial charge in [0.25, 0.3) is 5.56 Å². The number of pyridine rings is 1. The van der Waals surface area contributed by atoms with Crippen molar-refractivity contribution in [2.45, 2.75) is 53.5 Å². The Kier molecular flexibility index (Phi) is 7.60. The third-order valence-corrected chi connectivity index (χ3v) is 4.71. The van der Waals surface area contributed by atoms with Gasteiger partial charge in [-0.3, -0.25) is 14.2 Å². The zero-order chi connectivity index (χ0) is 21.6. The minimum Gasteiger partial charge on any atom is -0.494 e. The van der Waals surface area contributed by atoms with Gasteiger partial charge >= 0.3 is 0 Å². The van der Waals surface area contributed by atoms with Crippen molar-refractivity contribution in [1.82, 2.24) is 4.57 Å². The minimum absolute atomic E-state index is 0.00602. The monoisotopic (exact) mass is 396 g/mol. The van der Waals surface area contributed by atoms with Crippen LogP contribution in [0.1, 0.15) is 67.1 Å². The van der Waals surface area contributed by atoms with Gasteiger partial charge in [0.05, 0.1) is 12.2 Å². The van der Waals surface area contributed by atoms with Crippen molar-refractivity contribution in [2.24, 2.45) is 5.92 Å². The average Bonchev–Trinajstić information content (AvgIpc) is 2.69. The largest absolute Gasteiger partial charge is 0.494 e. The van der Waals surface area contributed by atoms with E-state index < -0.39 is 11.3 Å². The van der Waals surface area contributed by atoms with Crippen LogP contribution < -0.4 is 10.3 Å². The second-order valence-corrected chi connectivity index (χ2v) is 7.53. The first-order chi connectivity index (χ1) is 13.8. The maximum absolute atomic E-state index is 13.1. The molecule has 29 heavy (non-hydrogen) atoms. The number of hydrogen-bond donors (Lipinski definition) is 1. The SMILES string of the molecule is CCCCCn1c(O)c(C(=O)c2ccc(OCC(C)C)cc2)c(C)c(C#N)c1=O. The van der Waals surface area contributed by atoms with Crippen LogP contribution in [-0.2, 0) is 6.54 Å². The molecule has 0 spiro atoms. The Balaban J connectivity index is 2.44. The number of unbranched alkanes of at least 4 members (excludes halogenated alkanes) is 2. The molecule has 2 rings (SSSR count). The first-order valence-corrected chi connectivity index (χ1v) is 9.95. The molecule has 0 atom stereocenters. The summed E-state index contributed by atoms with van der Waals surface area (Å²) in [6.07, 6.45) is 2.50. The molecule has 0 fully saturated rings. The Labute approximate surface area is 171 Å². The van der Waals surface area contributed by atoms with Crippen LogP contribution in [0.3, 0.4) is 0 Å². The van der Waals surface area contributed by atoms with Crippen LogP contribution in [0.15, 0.2) is 29.1 Å². The fourth-order valence-corrected chi connectivity index (χ4v) is 3.06. The summed E-state index contributed by atoms with van der Waals surface area (Å²) in [5, 5.41) is 20.1. The second-order valence-electron chi connectivity index (χ2n) is 7.53. The Bertz CT molecular complexity index is 966. The van der Waals surface area contributed by atoms with Crippen molar-refractivity contribution in [1.29, 1.82) is 5.26 Å². The van der Waals surface area contributed by atoms with E-state index in [1.807, 2.05) is 26.8 Å². The number of benzene rings is 1. The summed E-state index contributed by atoms with van der Waals surface area (Å²) >= 11 is 0. The Morgan fingerprint density at radius 2 is 1.90 bits per heavy atom. The molecule has 1 heterocycles. The normalized spacial score (nSPS) is 10.8. The summed E-state index contributed by atoms with van der Waals surface area (Å²) in [5.74, 6) is 0.219. The molecule has 154 valence electrons. The molecule has 6 nitrogen and oxygen atoms in total. The van der Waals surface area contributed by atoms with E-state index in [-0.39, 0.29) is 29.1 Å². The van der Waals surface area contributed by atoms with E-state index >= 15 is 0 Å². The first kappa shape index (κ1) is 22.2. The molecule has 1 aromatic carbocycles. The molecular weight excluding hydrogens is 368 g/mol. The molecule has 0 saturated heterocycles. The Morgan fingerprint density at radius 1 is 1.24 bits per heavy atom. The molecule has 0 aliphatic rings. The van der Waals surface area contributed by atoms with Crippen LogP contribution in [0, 0.1) is 24.2 Å². The van der Waals surface area contributed by atoms with E-state index in [9.17, 15) is 20.0 Å². The predicted octanol–water partition coefficient (Wildman–Crippen LogP) is 4.19. The maximum Gasteiger partial charge on any atom is 0.271 e. The highest BCUT2D eigenvalue weighted by molar-refractivity contribution is 6.11. The van der Waals surface area contributed by atoms with Crippen molar-refractivity contribution in [3.63, 3.8) is 0 Å². The number of aromatic hydroxyl groups is 1. The minimum atomic E-state index is -0.562. The van der Waals surface area contributed by atoms with Crippen molar-refractivity contribution >= 4 is 5.78 Å². The number of hydrogen-bond acceptors (Lipinski definition) is 5. The summed E-state index contributed by atoms with van der Waals surface area (Å²) in [5.41, 5.74) is -0.129. The number of nitriles is 1. The standard InChI is InChI=1S/C23H28N2O4/c1-5-6-7-12-25-22(27)19(13-24)16(4)20(23(25)28)21(26)17-8-10-18(11-9-17)29-14-15(2)3/h8-11,15,28H,5-7,12,14H2,1-4H3. The average molecular weight is 396 g/mol. The van der Waals surface area contributed by atoms with Crippen LogP contribution in [0.2, 0.25) is 0 Å². The first-order valence-electron chi connectivity index (χ1n) is 9.95. The van der Waals surface area contributed by atoms with Gasteiger partial charge in [0.1, 0.15) is 17.4 Å².